The predicted octanol–water partition coefficient (Wildman–Crippen LogP) is 2.48. The molecule has 0 amide bonds. The van der Waals surface area contributed by atoms with Crippen LogP contribution in [0.25, 0.3) is 0 Å². The van der Waals surface area contributed by atoms with Crippen LogP contribution >= 0.6 is 0 Å². The van der Waals surface area contributed by atoms with E-state index in [1.807, 2.05) is 0 Å². The van der Waals surface area contributed by atoms with Crippen LogP contribution in [0.1, 0.15) is 38.2 Å². The molecule has 2 aliphatic heterocycles. The van der Waals surface area contributed by atoms with Crippen molar-refractivity contribution in [2.24, 2.45) is 4.99 Å². The third-order valence-electron chi connectivity index (χ3n) is 6.59. The minimum atomic E-state index is 0.255. The zero-order valence-corrected chi connectivity index (χ0v) is 16.7. The quantitative estimate of drug-likeness (QED) is 0.639. The van der Waals surface area contributed by atoms with E-state index in [1.165, 1.54) is 31.2 Å². The molecule has 3 fully saturated rings. The molecular weight excluding hydrogens is 336 g/mol. The van der Waals surface area contributed by atoms with E-state index in [0.717, 1.165) is 58.4 Å². The maximum absolute atomic E-state index is 5.52. The topological polar surface area (TPSA) is 40.1 Å². The van der Waals surface area contributed by atoms with Crippen LogP contribution in [0.3, 0.4) is 0 Å². The van der Waals surface area contributed by atoms with Gasteiger partial charge in [-0.2, -0.15) is 0 Å². The Kier molecular flexibility index (Phi) is 5.98. The molecule has 1 N–H and O–H groups in total. The molecule has 4 rings (SSSR count). The summed E-state index contributed by atoms with van der Waals surface area (Å²) < 4.78 is 5.52. The Balaban J connectivity index is 1.43. The number of benzene rings is 1. The normalized spacial score (nSPS) is 26.0. The van der Waals surface area contributed by atoms with Gasteiger partial charge < -0.3 is 15.0 Å². The van der Waals surface area contributed by atoms with Gasteiger partial charge in [0.05, 0.1) is 19.8 Å². The Morgan fingerprint density at radius 2 is 1.96 bits per heavy atom. The molecule has 0 spiro atoms. The second kappa shape index (κ2) is 8.61. The van der Waals surface area contributed by atoms with Crippen LogP contribution in [-0.2, 0) is 10.2 Å². The summed E-state index contributed by atoms with van der Waals surface area (Å²) in [6, 6.07) is 11.6. The lowest BCUT2D eigenvalue weighted by atomic mass is 9.64. The van der Waals surface area contributed by atoms with E-state index < -0.39 is 0 Å². The van der Waals surface area contributed by atoms with E-state index in [-0.39, 0.29) is 5.41 Å². The molecule has 0 bridgehead atoms. The van der Waals surface area contributed by atoms with Crippen molar-refractivity contribution in [1.82, 2.24) is 15.1 Å². The van der Waals surface area contributed by atoms with Gasteiger partial charge in [0, 0.05) is 44.2 Å². The van der Waals surface area contributed by atoms with Crippen LogP contribution in [0.5, 0.6) is 0 Å². The number of nitrogens with one attached hydrogen (secondary N) is 1. The highest BCUT2D eigenvalue weighted by Crippen LogP contribution is 2.43. The largest absolute Gasteiger partial charge is 0.379 e. The monoisotopic (exact) mass is 370 g/mol. The van der Waals surface area contributed by atoms with Gasteiger partial charge in [0.1, 0.15) is 0 Å². The van der Waals surface area contributed by atoms with E-state index in [0.29, 0.717) is 6.04 Å². The van der Waals surface area contributed by atoms with Crippen LogP contribution in [0.4, 0.5) is 0 Å². The summed E-state index contributed by atoms with van der Waals surface area (Å²) in [7, 11) is 0. The number of ether oxygens (including phenoxy) is 1. The Morgan fingerprint density at radius 1 is 1.19 bits per heavy atom. The Bertz CT molecular complexity index is 622. The molecule has 0 radical (unpaired) electrons. The van der Waals surface area contributed by atoms with Crippen LogP contribution < -0.4 is 5.32 Å². The lowest BCUT2D eigenvalue weighted by Gasteiger charge is -2.41. The lowest BCUT2D eigenvalue weighted by Crippen LogP contribution is -2.47. The summed E-state index contributed by atoms with van der Waals surface area (Å²) in [5.74, 6) is 1.11. The van der Waals surface area contributed by atoms with Gasteiger partial charge in [0.15, 0.2) is 5.96 Å². The van der Waals surface area contributed by atoms with Crippen molar-refractivity contribution < 1.29 is 4.74 Å². The minimum Gasteiger partial charge on any atom is -0.379 e. The first kappa shape index (κ1) is 18.8. The second-order valence-corrected chi connectivity index (χ2v) is 8.21. The average Bonchev–Trinajstić information content (AvgIpc) is 3.18. The van der Waals surface area contributed by atoms with E-state index in [2.05, 4.69) is 52.4 Å². The van der Waals surface area contributed by atoms with Crippen molar-refractivity contribution >= 4 is 5.96 Å². The maximum Gasteiger partial charge on any atom is 0.193 e. The molecule has 1 saturated carbocycles. The van der Waals surface area contributed by atoms with E-state index in [1.54, 1.807) is 0 Å². The van der Waals surface area contributed by atoms with Crippen LogP contribution in [0, 0.1) is 0 Å². The number of guanidine groups is 1. The first-order valence-corrected chi connectivity index (χ1v) is 10.7. The highest BCUT2D eigenvalue weighted by atomic mass is 16.5. The smallest absolute Gasteiger partial charge is 0.193 e. The van der Waals surface area contributed by atoms with Gasteiger partial charge in [0.2, 0.25) is 0 Å². The lowest BCUT2D eigenvalue weighted by molar-refractivity contribution is 0.0195. The fraction of sp³-hybridized carbons (Fsp3) is 0.682. The van der Waals surface area contributed by atoms with Gasteiger partial charge in [-0.15, -0.1) is 0 Å². The third kappa shape index (κ3) is 4.14. The zero-order chi connectivity index (χ0) is 18.5. The number of likely N-dealkylation sites (tertiary alicyclic amines) is 1. The average molecular weight is 371 g/mol. The molecule has 5 heteroatoms. The number of hydrogen-bond donors (Lipinski definition) is 1. The molecule has 1 unspecified atom stereocenters. The molecule has 2 heterocycles. The van der Waals surface area contributed by atoms with Gasteiger partial charge in [-0.05, 0) is 31.7 Å². The fourth-order valence-electron chi connectivity index (χ4n) is 4.76. The Labute approximate surface area is 163 Å². The summed E-state index contributed by atoms with van der Waals surface area (Å²) >= 11 is 0. The highest BCUT2D eigenvalue weighted by molar-refractivity contribution is 5.80. The van der Waals surface area contributed by atoms with Crippen LogP contribution in [-0.4, -0.2) is 74.3 Å². The van der Waals surface area contributed by atoms with E-state index >= 15 is 0 Å². The summed E-state index contributed by atoms with van der Waals surface area (Å²) in [5, 5.41) is 3.55. The van der Waals surface area contributed by atoms with E-state index in [9.17, 15) is 0 Å². The van der Waals surface area contributed by atoms with Crippen LogP contribution in [0.2, 0.25) is 0 Å². The van der Waals surface area contributed by atoms with Gasteiger partial charge in [-0.25, -0.2) is 0 Å². The molecular formula is C22H34N4O. The van der Waals surface area contributed by atoms with Gasteiger partial charge >= 0.3 is 0 Å². The van der Waals surface area contributed by atoms with E-state index in [4.69, 9.17) is 9.73 Å². The van der Waals surface area contributed by atoms with Gasteiger partial charge in [-0.3, -0.25) is 9.89 Å². The second-order valence-electron chi connectivity index (χ2n) is 8.21. The number of hydrogen-bond acceptors (Lipinski definition) is 3. The molecule has 1 aromatic rings. The zero-order valence-electron chi connectivity index (χ0n) is 16.7. The van der Waals surface area contributed by atoms with Crippen molar-refractivity contribution in [3.8, 4) is 0 Å². The molecule has 3 aliphatic rings. The Morgan fingerprint density at radius 3 is 2.63 bits per heavy atom. The first-order valence-electron chi connectivity index (χ1n) is 10.7. The third-order valence-corrected chi connectivity index (χ3v) is 6.59. The molecule has 0 aromatic heterocycles. The number of nitrogens with zero attached hydrogens (tertiary/aromatic N) is 3. The molecule has 1 atom stereocenters. The number of morpholine rings is 1. The van der Waals surface area contributed by atoms with Crippen molar-refractivity contribution in [2.75, 3.05) is 52.5 Å². The summed E-state index contributed by atoms with van der Waals surface area (Å²) in [6.45, 7) is 10.1. The fourth-order valence-corrected chi connectivity index (χ4v) is 4.76. The predicted molar refractivity (Wildman–Crippen MR) is 110 cm³/mol. The number of rotatable bonds is 5. The molecule has 148 valence electrons. The van der Waals surface area contributed by atoms with Gasteiger partial charge in [0.25, 0.3) is 0 Å². The van der Waals surface area contributed by atoms with Crippen LogP contribution in [0.15, 0.2) is 35.3 Å². The summed E-state index contributed by atoms with van der Waals surface area (Å²) in [5.41, 5.74) is 1.72. The van der Waals surface area contributed by atoms with Crippen molar-refractivity contribution in [2.45, 2.75) is 44.1 Å². The maximum atomic E-state index is 5.52. The van der Waals surface area contributed by atoms with Crippen molar-refractivity contribution in [1.29, 1.82) is 0 Å². The molecule has 1 aromatic carbocycles. The Hall–Kier alpha value is -1.59. The minimum absolute atomic E-state index is 0.255. The highest BCUT2D eigenvalue weighted by Gasteiger charge is 2.39. The molecule has 2 saturated heterocycles. The molecule has 27 heavy (non-hydrogen) atoms. The molecule has 1 aliphatic carbocycles. The first-order chi connectivity index (χ1) is 13.3. The summed E-state index contributed by atoms with van der Waals surface area (Å²) in [6.07, 6.45) is 5.07. The standard InChI is InChI=1S/C22H34N4O/c1-2-23-21(26-12-9-20(17-26)25-13-15-27-16-14-25)24-18-22(10-6-11-22)19-7-4-3-5-8-19/h3-5,7-8,20H,2,6,9-18H2,1H3,(H,23,24). The SMILES string of the molecule is CCNC(=NCC1(c2ccccc2)CCC1)N1CCC(N2CCOCC2)C1. The summed E-state index contributed by atoms with van der Waals surface area (Å²) in [4.78, 5) is 10.2. The van der Waals surface area contributed by atoms with Gasteiger partial charge in [-0.1, -0.05) is 36.8 Å². The molecule has 5 nitrogen and oxygen atoms in total. The van der Waals surface area contributed by atoms with Crippen molar-refractivity contribution in [3.05, 3.63) is 35.9 Å². The van der Waals surface area contributed by atoms with Crippen molar-refractivity contribution in [3.63, 3.8) is 0 Å². The number of aliphatic imine (C=N–C) groups is 1.